The maximum atomic E-state index is 12.2. The second-order valence-corrected chi connectivity index (χ2v) is 4.66. The molecule has 0 spiro atoms. The summed E-state index contributed by atoms with van der Waals surface area (Å²) in [5.41, 5.74) is 3.12. The quantitative estimate of drug-likeness (QED) is 0.863. The van der Waals surface area contributed by atoms with Gasteiger partial charge in [0.2, 0.25) is 5.91 Å². The number of carbonyl (C=O) groups is 1. The molecule has 1 amide bonds. The van der Waals surface area contributed by atoms with Crippen LogP contribution < -0.4 is 10.6 Å². The Hall–Kier alpha value is -2.36. The van der Waals surface area contributed by atoms with Gasteiger partial charge in [0, 0.05) is 30.3 Å². The third kappa shape index (κ3) is 2.57. The first kappa shape index (κ1) is 11.7. The van der Waals surface area contributed by atoms with Gasteiger partial charge in [0.15, 0.2) is 0 Å². The highest BCUT2D eigenvalue weighted by atomic mass is 16.1. The van der Waals surface area contributed by atoms with E-state index in [0.717, 1.165) is 17.8 Å². The highest BCUT2D eigenvalue weighted by Gasteiger charge is 2.24. The van der Waals surface area contributed by atoms with Crippen LogP contribution in [0.4, 0.5) is 11.4 Å². The summed E-state index contributed by atoms with van der Waals surface area (Å²) in [6, 6.07) is 11.7. The SMILES string of the molecule is O=C(Nc1ccncc1)C1CNc2ccccc2C1. The van der Waals surface area contributed by atoms with Crippen molar-refractivity contribution >= 4 is 17.3 Å². The van der Waals surface area contributed by atoms with Gasteiger partial charge in [-0.25, -0.2) is 0 Å². The van der Waals surface area contributed by atoms with E-state index in [0.29, 0.717) is 6.54 Å². The second kappa shape index (κ2) is 5.10. The standard InChI is InChI=1S/C15H15N3O/c19-15(18-13-5-7-16-8-6-13)12-9-11-3-1-2-4-14(11)17-10-12/h1-8,12,17H,9-10H2,(H,16,18,19). The summed E-state index contributed by atoms with van der Waals surface area (Å²) in [7, 11) is 0. The predicted molar refractivity (Wildman–Crippen MR) is 75.0 cm³/mol. The third-order valence-corrected chi connectivity index (χ3v) is 3.34. The fourth-order valence-corrected chi connectivity index (χ4v) is 2.31. The molecular formula is C15H15N3O. The zero-order chi connectivity index (χ0) is 13.1. The lowest BCUT2D eigenvalue weighted by atomic mass is 9.93. The molecule has 0 fully saturated rings. The van der Waals surface area contributed by atoms with Crippen molar-refractivity contribution in [3.8, 4) is 0 Å². The van der Waals surface area contributed by atoms with Gasteiger partial charge in [-0.1, -0.05) is 18.2 Å². The number of benzene rings is 1. The van der Waals surface area contributed by atoms with Crippen LogP contribution in [0.1, 0.15) is 5.56 Å². The zero-order valence-corrected chi connectivity index (χ0v) is 10.5. The first-order chi connectivity index (χ1) is 9.33. The molecule has 1 aliphatic rings. The number of fused-ring (bicyclic) bond motifs is 1. The number of anilines is 2. The maximum Gasteiger partial charge on any atom is 0.229 e. The third-order valence-electron chi connectivity index (χ3n) is 3.34. The van der Waals surface area contributed by atoms with Gasteiger partial charge < -0.3 is 10.6 Å². The van der Waals surface area contributed by atoms with Crippen LogP contribution in [0, 0.1) is 5.92 Å². The highest BCUT2D eigenvalue weighted by molar-refractivity contribution is 5.93. The minimum Gasteiger partial charge on any atom is -0.384 e. The number of carbonyl (C=O) groups excluding carboxylic acids is 1. The van der Waals surface area contributed by atoms with Crippen molar-refractivity contribution in [2.75, 3.05) is 17.2 Å². The van der Waals surface area contributed by atoms with Gasteiger partial charge in [-0.15, -0.1) is 0 Å². The van der Waals surface area contributed by atoms with E-state index >= 15 is 0 Å². The lowest BCUT2D eigenvalue weighted by molar-refractivity contribution is -0.119. The van der Waals surface area contributed by atoms with E-state index in [1.54, 1.807) is 24.5 Å². The molecule has 1 aromatic heterocycles. The molecule has 0 aliphatic carbocycles. The summed E-state index contributed by atoms with van der Waals surface area (Å²) in [6.07, 6.45) is 4.12. The van der Waals surface area contributed by atoms with Gasteiger partial charge in [-0.3, -0.25) is 9.78 Å². The van der Waals surface area contributed by atoms with Crippen LogP contribution in [0.2, 0.25) is 0 Å². The highest BCUT2D eigenvalue weighted by Crippen LogP contribution is 2.24. The average Bonchev–Trinajstić information content (AvgIpc) is 2.48. The number of rotatable bonds is 2. The van der Waals surface area contributed by atoms with E-state index in [-0.39, 0.29) is 11.8 Å². The van der Waals surface area contributed by atoms with E-state index in [1.165, 1.54) is 5.56 Å². The van der Waals surface area contributed by atoms with E-state index in [4.69, 9.17) is 0 Å². The van der Waals surface area contributed by atoms with Gasteiger partial charge >= 0.3 is 0 Å². The van der Waals surface area contributed by atoms with Crippen LogP contribution in [-0.2, 0) is 11.2 Å². The normalized spacial score (nSPS) is 17.2. The van der Waals surface area contributed by atoms with Crippen LogP contribution in [0.3, 0.4) is 0 Å². The summed E-state index contributed by atoms with van der Waals surface area (Å²) in [5.74, 6) is 0.0104. The maximum absolute atomic E-state index is 12.2. The molecule has 1 aromatic carbocycles. The van der Waals surface area contributed by atoms with E-state index < -0.39 is 0 Å². The molecular weight excluding hydrogens is 238 g/mol. The van der Waals surface area contributed by atoms with Gasteiger partial charge in [-0.05, 0) is 30.2 Å². The predicted octanol–water partition coefficient (Wildman–Crippen LogP) is 2.30. The van der Waals surface area contributed by atoms with Crippen LogP contribution in [0.5, 0.6) is 0 Å². The van der Waals surface area contributed by atoms with Crippen LogP contribution in [0.25, 0.3) is 0 Å². The molecule has 0 bridgehead atoms. The Morgan fingerprint density at radius 1 is 1.21 bits per heavy atom. The fraction of sp³-hybridized carbons (Fsp3) is 0.200. The first-order valence-corrected chi connectivity index (χ1v) is 6.35. The molecule has 0 saturated carbocycles. The summed E-state index contributed by atoms with van der Waals surface area (Å²) in [6.45, 7) is 0.675. The average molecular weight is 253 g/mol. The number of nitrogens with one attached hydrogen (secondary N) is 2. The number of aromatic nitrogens is 1. The zero-order valence-electron chi connectivity index (χ0n) is 10.5. The first-order valence-electron chi connectivity index (χ1n) is 6.35. The molecule has 3 rings (SSSR count). The molecule has 2 N–H and O–H groups in total. The number of hydrogen-bond donors (Lipinski definition) is 2. The molecule has 0 saturated heterocycles. The van der Waals surface area contributed by atoms with E-state index in [9.17, 15) is 4.79 Å². The van der Waals surface area contributed by atoms with Gasteiger partial charge in [0.25, 0.3) is 0 Å². The number of pyridine rings is 1. The summed E-state index contributed by atoms with van der Waals surface area (Å²) < 4.78 is 0. The van der Waals surface area contributed by atoms with Gasteiger partial charge in [0.05, 0.1) is 5.92 Å². The van der Waals surface area contributed by atoms with E-state index in [1.807, 2.05) is 18.2 Å². The molecule has 4 heteroatoms. The van der Waals surface area contributed by atoms with Crippen molar-refractivity contribution in [3.63, 3.8) is 0 Å². The molecule has 19 heavy (non-hydrogen) atoms. The number of nitrogens with zero attached hydrogens (tertiary/aromatic N) is 1. The molecule has 1 atom stereocenters. The monoisotopic (exact) mass is 253 g/mol. The lowest BCUT2D eigenvalue weighted by Crippen LogP contribution is -2.33. The molecule has 2 aromatic rings. The number of hydrogen-bond acceptors (Lipinski definition) is 3. The minimum absolute atomic E-state index is 0.0388. The Kier molecular flexibility index (Phi) is 3.14. The summed E-state index contributed by atoms with van der Waals surface area (Å²) >= 11 is 0. The Morgan fingerprint density at radius 3 is 2.84 bits per heavy atom. The Morgan fingerprint density at radius 2 is 2.00 bits per heavy atom. The second-order valence-electron chi connectivity index (χ2n) is 4.66. The molecule has 4 nitrogen and oxygen atoms in total. The smallest absolute Gasteiger partial charge is 0.229 e. The molecule has 0 radical (unpaired) electrons. The Balaban J connectivity index is 1.70. The van der Waals surface area contributed by atoms with Gasteiger partial charge in [0.1, 0.15) is 0 Å². The fourth-order valence-electron chi connectivity index (χ4n) is 2.31. The summed E-state index contributed by atoms with van der Waals surface area (Å²) in [4.78, 5) is 16.1. The largest absolute Gasteiger partial charge is 0.384 e. The van der Waals surface area contributed by atoms with Gasteiger partial charge in [-0.2, -0.15) is 0 Å². The molecule has 96 valence electrons. The van der Waals surface area contributed by atoms with Crippen LogP contribution >= 0.6 is 0 Å². The number of para-hydroxylation sites is 1. The summed E-state index contributed by atoms with van der Waals surface area (Å²) in [5, 5.41) is 6.23. The van der Waals surface area contributed by atoms with Crippen molar-refractivity contribution in [3.05, 3.63) is 54.4 Å². The molecule has 1 aliphatic heterocycles. The Labute approximate surface area is 111 Å². The molecule has 2 heterocycles. The van der Waals surface area contributed by atoms with Crippen molar-refractivity contribution < 1.29 is 4.79 Å². The molecule has 1 unspecified atom stereocenters. The minimum atomic E-state index is -0.0388. The van der Waals surface area contributed by atoms with Crippen molar-refractivity contribution in [2.45, 2.75) is 6.42 Å². The topological polar surface area (TPSA) is 54.0 Å². The van der Waals surface area contributed by atoms with Crippen LogP contribution in [-0.4, -0.2) is 17.4 Å². The Bertz CT molecular complexity index is 583. The lowest BCUT2D eigenvalue weighted by Gasteiger charge is -2.25. The number of amides is 1. The van der Waals surface area contributed by atoms with Crippen molar-refractivity contribution in [1.82, 2.24) is 4.98 Å². The van der Waals surface area contributed by atoms with E-state index in [2.05, 4.69) is 21.7 Å². The van der Waals surface area contributed by atoms with Crippen molar-refractivity contribution in [1.29, 1.82) is 0 Å². The van der Waals surface area contributed by atoms with Crippen LogP contribution in [0.15, 0.2) is 48.8 Å². The van der Waals surface area contributed by atoms with Crippen molar-refractivity contribution in [2.24, 2.45) is 5.92 Å².